The Balaban J connectivity index is 1.95. The molecule has 1 N–H and O–H groups in total. The maximum absolute atomic E-state index is 14.0. The van der Waals surface area contributed by atoms with Crippen LogP contribution in [0.5, 0.6) is 0 Å². The molecule has 1 atom stereocenters. The SMILES string of the molecule is CCCCN1c2ccc3ncn(c3n2)C(=O)NC(C)Cc2ncc(F)cc21. The number of carbonyl (C=O) groups excluding carboxylic acids is 1. The van der Waals surface area contributed by atoms with Gasteiger partial charge in [0, 0.05) is 25.1 Å². The fourth-order valence-corrected chi connectivity index (χ4v) is 3.33. The molecule has 1 amide bonds. The number of amides is 1. The molecule has 8 heteroatoms. The van der Waals surface area contributed by atoms with Crippen LogP contribution in [0.1, 0.15) is 32.4 Å². The highest BCUT2D eigenvalue weighted by atomic mass is 19.1. The Bertz CT molecular complexity index is 1000. The highest BCUT2D eigenvalue weighted by Gasteiger charge is 2.22. The number of halogens is 1. The predicted molar refractivity (Wildman–Crippen MR) is 101 cm³/mol. The van der Waals surface area contributed by atoms with Crippen LogP contribution >= 0.6 is 0 Å². The van der Waals surface area contributed by atoms with Gasteiger partial charge in [0.1, 0.15) is 23.5 Å². The minimum absolute atomic E-state index is 0.184. The molecule has 0 saturated carbocycles. The fraction of sp³-hybridized carbons (Fsp3) is 0.368. The van der Waals surface area contributed by atoms with Gasteiger partial charge in [-0.05, 0) is 25.5 Å². The highest BCUT2D eigenvalue weighted by Crippen LogP contribution is 2.30. The summed E-state index contributed by atoms with van der Waals surface area (Å²) in [7, 11) is 0. The molecule has 3 aromatic heterocycles. The first-order chi connectivity index (χ1) is 13.1. The van der Waals surface area contributed by atoms with Crippen molar-refractivity contribution in [1.29, 1.82) is 0 Å². The number of hydrogen-bond donors (Lipinski definition) is 1. The zero-order chi connectivity index (χ0) is 19.0. The molecule has 7 nitrogen and oxygen atoms in total. The van der Waals surface area contributed by atoms with Crippen molar-refractivity contribution in [3.05, 3.63) is 42.2 Å². The number of rotatable bonds is 3. The second kappa shape index (κ2) is 6.94. The van der Waals surface area contributed by atoms with E-state index in [9.17, 15) is 9.18 Å². The first kappa shape index (κ1) is 17.4. The van der Waals surface area contributed by atoms with Gasteiger partial charge in [-0.2, -0.15) is 0 Å². The Morgan fingerprint density at radius 2 is 2.19 bits per heavy atom. The van der Waals surface area contributed by atoms with Gasteiger partial charge < -0.3 is 10.2 Å². The van der Waals surface area contributed by atoms with Gasteiger partial charge in [-0.1, -0.05) is 13.3 Å². The van der Waals surface area contributed by atoms with Crippen LogP contribution in [0.3, 0.4) is 0 Å². The van der Waals surface area contributed by atoms with E-state index in [0.29, 0.717) is 35.6 Å². The maximum Gasteiger partial charge on any atom is 0.328 e. The van der Waals surface area contributed by atoms with Crippen LogP contribution in [0.25, 0.3) is 11.2 Å². The summed E-state index contributed by atoms with van der Waals surface area (Å²) in [6, 6.07) is 4.70. The number of nitrogens with zero attached hydrogens (tertiary/aromatic N) is 5. The Kier molecular flexibility index (Phi) is 4.47. The third-order valence-electron chi connectivity index (χ3n) is 4.69. The summed E-state index contributed by atoms with van der Waals surface area (Å²) in [6.45, 7) is 4.68. The topological polar surface area (TPSA) is 75.9 Å². The molecule has 140 valence electrons. The molecule has 2 bridgehead atoms. The number of fused-ring (bicyclic) bond motifs is 2. The van der Waals surface area contributed by atoms with E-state index in [0.717, 1.165) is 18.5 Å². The molecule has 0 aliphatic carbocycles. The van der Waals surface area contributed by atoms with Crippen molar-refractivity contribution in [2.75, 3.05) is 11.4 Å². The van der Waals surface area contributed by atoms with E-state index in [1.165, 1.54) is 23.2 Å². The van der Waals surface area contributed by atoms with Crippen LogP contribution in [-0.2, 0) is 6.42 Å². The third kappa shape index (κ3) is 3.22. The summed E-state index contributed by atoms with van der Waals surface area (Å²) < 4.78 is 15.5. The second-order valence-corrected chi connectivity index (χ2v) is 6.81. The van der Waals surface area contributed by atoms with Gasteiger partial charge in [0.15, 0.2) is 5.65 Å². The molecule has 0 aromatic carbocycles. The number of pyridine rings is 2. The number of imidazole rings is 1. The number of hydrogen-bond acceptors (Lipinski definition) is 5. The van der Waals surface area contributed by atoms with Crippen molar-refractivity contribution in [2.45, 2.75) is 39.2 Å². The van der Waals surface area contributed by atoms with Crippen molar-refractivity contribution in [3.63, 3.8) is 0 Å². The Hall–Kier alpha value is -3.03. The molecule has 4 rings (SSSR count). The van der Waals surface area contributed by atoms with E-state index in [-0.39, 0.29) is 12.1 Å². The van der Waals surface area contributed by atoms with Gasteiger partial charge in [0.25, 0.3) is 0 Å². The van der Waals surface area contributed by atoms with Crippen LogP contribution in [0.15, 0.2) is 30.7 Å². The first-order valence-corrected chi connectivity index (χ1v) is 9.13. The third-order valence-corrected chi connectivity index (χ3v) is 4.69. The minimum Gasteiger partial charge on any atom is -0.334 e. The smallest absolute Gasteiger partial charge is 0.328 e. The molecule has 0 fully saturated rings. The van der Waals surface area contributed by atoms with Gasteiger partial charge in [-0.15, -0.1) is 0 Å². The first-order valence-electron chi connectivity index (χ1n) is 9.13. The monoisotopic (exact) mass is 368 g/mol. The molecule has 4 heterocycles. The van der Waals surface area contributed by atoms with E-state index < -0.39 is 5.82 Å². The Morgan fingerprint density at radius 3 is 3.00 bits per heavy atom. The predicted octanol–water partition coefficient (Wildman–Crippen LogP) is 3.41. The van der Waals surface area contributed by atoms with Crippen molar-refractivity contribution >= 4 is 28.7 Å². The standard InChI is InChI=1S/C19H21FN6O/c1-3-4-7-25-16-9-13(20)10-21-15(16)8-12(2)23-19(27)26-11-22-14-5-6-17(25)24-18(14)26/h5-6,9-12H,3-4,7-8H2,1-2H3,(H,23,27). The number of unbranched alkanes of at least 4 members (excludes halogenated alkanes) is 1. The Morgan fingerprint density at radius 1 is 1.33 bits per heavy atom. The van der Waals surface area contributed by atoms with Gasteiger partial charge in [-0.3, -0.25) is 4.98 Å². The fourth-order valence-electron chi connectivity index (χ4n) is 3.33. The van der Waals surface area contributed by atoms with E-state index in [4.69, 9.17) is 0 Å². The normalized spacial score (nSPS) is 16.9. The zero-order valence-electron chi connectivity index (χ0n) is 15.3. The van der Waals surface area contributed by atoms with E-state index in [2.05, 4.69) is 27.2 Å². The zero-order valence-corrected chi connectivity index (χ0v) is 15.3. The largest absolute Gasteiger partial charge is 0.334 e. The van der Waals surface area contributed by atoms with Crippen LogP contribution < -0.4 is 10.2 Å². The number of carbonyl (C=O) groups is 1. The molecule has 27 heavy (non-hydrogen) atoms. The average Bonchev–Trinajstić information content (AvgIpc) is 3.06. The summed E-state index contributed by atoms with van der Waals surface area (Å²) in [5.41, 5.74) is 2.52. The van der Waals surface area contributed by atoms with E-state index in [1.807, 2.05) is 24.0 Å². The molecule has 0 saturated heterocycles. The average molecular weight is 368 g/mol. The maximum atomic E-state index is 14.0. The van der Waals surface area contributed by atoms with Gasteiger partial charge in [-0.25, -0.2) is 23.7 Å². The van der Waals surface area contributed by atoms with Crippen molar-refractivity contribution in [1.82, 2.24) is 24.8 Å². The molecule has 1 unspecified atom stereocenters. The second-order valence-electron chi connectivity index (χ2n) is 6.81. The lowest BCUT2D eigenvalue weighted by Gasteiger charge is -2.26. The van der Waals surface area contributed by atoms with Crippen LogP contribution in [0.2, 0.25) is 0 Å². The van der Waals surface area contributed by atoms with Crippen molar-refractivity contribution in [2.24, 2.45) is 0 Å². The summed E-state index contributed by atoms with van der Waals surface area (Å²) in [5, 5.41) is 2.94. The van der Waals surface area contributed by atoms with E-state index >= 15 is 0 Å². The quantitative estimate of drug-likeness (QED) is 0.767. The van der Waals surface area contributed by atoms with Gasteiger partial charge in [0.05, 0.1) is 17.6 Å². The van der Waals surface area contributed by atoms with Crippen molar-refractivity contribution < 1.29 is 9.18 Å². The molecule has 0 spiro atoms. The van der Waals surface area contributed by atoms with Gasteiger partial charge in [0.2, 0.25) is 0 Å². The highest BCUT2D eigenvalue weighted by molar-refractivity contribution is 5.88. The Labute approximate surface area is 156 Å². The summed E-state index contributed by atoms with van der Waals surface area (Å²) in [5.74, 6) is 0.252. The molecule has 1 aliphatic heterocycles. The number of aromatic nitrogens is 4. The molecule has 1 aliphatic rings. The lowest BCUT2D eigenvalue weighted by Crippen LogP contribution is -2.37. The lowest BCUT2D eigenvalue weighted by atomic mass is 10.1. The summed E-state index contributed by atoms with van der Waals surface area (Å²) >= 11 is 0. The molecule has 0 radical (unpaired) electrons. The van der Waals surface area contributed by atoms with Gasteiger partial charge >= 0.3 is 6.03 Å². The van der Waals surface area contributed by atoms with E-state index in [1.54, 1.807) is 0 Å². The van der Waals surface area contributed by atoms with Crippen molar-refractivity contribution in [3.8, 4) is 0 Å². The minimum atomic E-state index is -0.395. The molecule has 3 aromatic rings. The molecular weight excluding hydrogens is 347 g/mol. The van der Waals surface area contributed by atoms with Crippen LogP contribution in [0.4, 0.5) is 20.7 Å². The molecular formula is C19H21FN6O. The summed E-state index contributed by atoms with van der Waals surface area (Å²) in [6.07, 6.45) is 5.09. The summed E-state index contributed by atoms with van der Waals surface area (Å²) in [4.78, 5) is 27.9. The lowest BCUT2D eigenvalue weighted by molar-refractivity contribution is 0.240. The van der Waals surface area contributed by atoms with Crippen LogP contribution in [-0.4, -0.2) is 38.1 Å². The number of anilines is 2. The van der Waals surface area contributed by atoms with Crippen LogP contribution in [0, 0.1) is 5.82 Å². The number of nitrogens with one attached hydrogen (secondary N) is 1.